The zero-order chi connectivity index (χ0) is 16.6. The molecule has 8 heteroatoms. The van der Waals surface area contributed by atoms with Crippen LogP contribution in [0, 0.1) is 12.8 Å². The Kier molecular flexibility index (Phi) is 4.75. The van der Waals surface area contributed by atoms with Crippen LogP contribution < -0.4 is 0 Å². The molecule has 1 N–H and O–H groups in total. The Morgan fingerprint density at radius 2 is 2.17 bits per heavy atom. The first kappa shape index (κ1) is 16.9. The first-order valence-corrected chi connectivity index (χ1v) is 10.5. The van der Waals surface area contributed by atoms with Gasteiger partial charge in [-0.15, -0.1) is 11.3 Å². The smallest absolute Gasteiger partial charge is 0.322 e. The van der Waals surface area contributed by atoms with Crippen LogP contribution in [-0.2, 0) is 21.2 Å². The lowest BCUT2D eigenvalue weighted by atomic mass is 9.85. The quantitative estimate of drug-likeness (QED) is 0.870. The number of aryl methyl sites for hydroxylation is 2. The van der Waals surface area contributed by atoms with Gasteiger partial charge in [0, 0.05) is 10.9 Å². The van der Waals surface area contributed by atoms with Crippen molar-refractivity contribution in [1.29, 1.82) is 0 Å². The Balaban J connectivity index is 1.80. The van der Waals surface area contributed by atoms with Gasteiger partial charge in [-0.25, -0.2) is 13.4 Å². The molecular formula is C15H22N2O4S2. The van der Waals surface area contributed by atoms with E-state index < -0.39 is 22.0 Å². The number of fused-ring (bicyclic) bond motifs is 1. The summed E-state index contributed by atoms with van der Waals surface area (Å²) in [6.45, 7) is 1.87. The van der Waals surface area contributed by atoms with E-state index in [1.165, 1.54) is 15.6 Å². The highest BCUT2D eigenvalue weighted by Crippen LogP contribution is 2.41. The summed E-state index contributed by atoms with van der Waals surface area (Å²) in [6, 6.07) is -1.02. The predicted octanol–water partition coefficient (Wildman–Crippen LogP) is 2.04. The van der Waals surface area contributed by atoms with Crippen molar-refractivity contribution in [2.45, 2.75) is 57.5 Å². The lowest BCUT2D eigenvalue weighted by Gasteiger charge is -2.32. The van der Waals surface area contributed by atoms with Crippen LogP contribution in [0.25, 0.3) is 0 Å². The fourth-order valence-electron chi connectivity index (χ4n) is 3.92. The van der Waals surface area contributed by atoms with Crippen LogP contribution in [0.1, 0.15) is 42.7 Å². The second-order valence-electron chi connectivity index (χ2n) is 6.46. The first-order valence-electron chi connectivity index (χ1n) is 8.03. The van der Waals surface area contributed by atoms with Crippen LogP contribution >= 0.6 is 11.3 Å². The second kappa shape index (κ2) is 6.49. The topological polar surface area (TPSA) is 87.6 Å². The zero-order valence-corrected chi connectivity index (χ0v) is 14.8. The van der Waals surface area contributed by atoms with E-state index in [2.05, 4.69) is 4.98 Å². The van der Waals surface area contributed by atoms with Gasteiger partial charge in [-0.2, -0.15) is 4.31 Å². The molecule has 1 aliphatic heterocycles. The molecule has 3 atom stereocenters. The van der Waals surface area contributed by atoms with Gasteiger partial charge < -0.3 is 5.11 Å². The Labute approximate surface area is 140 Å². The molecule has 0 spiro atoms. The van der Waals surface area contributed by atoms with Gasteiger partial charge in [0.1, 0.15) is 6.04 Å². The lowest BCUT2D eigenvalue weighted by molar-refractivity contribution is -0.141. The van der Waals surface area contributed by atoms with Gasteiger partial charge in [0.15, 0.2) is 0 Å². The van der Waals surface area contributed by atoms with Crippen LogP contribution in [0.4, 0.5) is 0 Å². The maximum Gasteiger partial charge on any atom is 0.322 e. The summed E-state index contributed by atoms with van der Waals surface area (Å²) >= 11 is 1.45. The zero-order valence-electron chi connectivity index (χ0n) is 13.1. The van der Waals surface area contributed by atoms with Gasteiger partial charge in [0.25, 0.3) is 0 Å². The van der Waals surface area contributed by atoms with Gasteiger partial charge in [-0.1, -0.05) is 12.8 Å². The number of hydrogen-bond acceptors (Lipinski definition) is 5. The monoisotopic (exact) mass is 358 g/mol. The number of carbonyl (C=O) groups is 1. The summed E-state index contributed by atoms with van der Waals surface area (Å²) in [5.74, 6) is -0.857. The summed E-state index contributed by atoms with van der Waals surface area (Å²) in [4.78, 5) is 16.7. The van der Waals surface area contributed by atoms with E-state index in [0.29, 0.717) is 12.8 Å². The molecule has 2 heterocycles. The molecular weight excluding hydrogens is 336 g/mol. The minimum absolute atomic E-state index is 0.0387. The number of rotatable bonds is 5. The molecule has 1 aliphatic carbocycles. The number of aromatic nitrogens is 1. The highest BCUT2D eigenvalue weighted by molar-refractivity contribution is 7.89. The predicted molar refractivity (Wildman–Crippen MR) is 88.0 cm³/mol. The third kappa shape index (κ3) is 3.29. The van der Waals surface area contributed by atoms with E-state index in [-0.39, 0.29) is 17.7 Å². The minimum Gasteiger partial charge on any atom is -0.480 e. The summed E-state index contributed by atoms with van der Waals surface area (Å²) in [5.41, 5.74) is 2.57. The molecule has 0 amide bonds. The molecule has 6 nitrogen and oxygen atoms in total. The molecule has 128 valence electrons. The van der Waals surface area contributed by atoms with E-state index >= 15 is 0 Å². The van der Waals surface area contributed by atoms with E-state index in [0.717, 1.165) is 36.3 Å². The largest absolute Gasteiger partial charge is 0.480 e. The number of thiazole rings is 1. The summed E-state index contributed by atoms with van der Waals surface area (Å²) in [6.07, 6.45) is 4.63. The molecule has 3 rings (SSSR count). The number of hydrogen-bond donors (Lipinski definition) is 1. The van der Waals surface area contributed by atoms with E-state index in [1.54, 1.807) is 5.51 Å². The van der Waals surface area contributed by atoms with Crippen LogP contribution in [0.5, 0.6) is 0 Å². The van der Waals surface area contributed by atoms with Gasteiger partial charge in [0.2, 0.25) is 10.0 Å². The third-order valence-corrected chi connectivity index (χ3v) is 7.95. The number of carboxylic acids is 1. The number of carboxylic acid groups (broad SMARTS) is 1. The van der Waals surface area contributed by atoms with Crippen LogP contribution in [0.2, 0.25) is 0 Å². The first-order chi connectivity index (χ1) is 10.9. The van der Waals surface area contributed by atoms with Crippen molar-refractivity contribution in [3.05, 3.63) is 16.1 Å². The van der Waals surface area contributed by atoms with Crippen molar-refractivity contribution < 1.29 is 18.3 Å². The van der Waals surface area contributed by atoms with Gasteiger partial charge in [-0.05, 0) is 38.5 Å². The van der Waals surface area contributed by atoms with Crippen LogP contribution in [-0.4, -0.2) is 46.6 Å². The fourth-order valence-corrected chi connectivity index (χ4v) is 6.76. The average molecular weight is 358 g/mol. The van der Waals surface area contributed by atoms with Crippen molar-refractivity contribution in [3.8, 4) is 0 Å². The maximum absolute atomic E-state index is 12.9. The maximum atomic E-state index is 12.9. The molecule has 2 fully saturated rings. The van der Waals surface area contributed by atoms with E-state index in [1.807, 2.05) is 6.92 Å². The number of nitrogens with zero attached hydrogens (tertiary/aromatic N) is 2. The molecule has 2 aliphatic rings. The standard InChI is InChI=1S/C15H22N2O4S2/c1-10-14(22-9-16-10)6-7-23(20,21)17-12-5-3-2-4-11(12)8-13(17)15(18)19/h9,11-13H,2-8H2,1H3,(H,18,19). The van der Waals surface area contributed by atoms with Gasteiger partial charge >= 0.3 is 5.97 Å². The number of aliphatic carboxylic acids is 1. The third-order valence-electron chi connectivity index (χ3n) is 5.07. The van der Waals surface area contributed by atoms with E-state index in [9.17, 15) is 18.3 Å². The van der Waals surface area contributed by atoms with Gasteiger partial charge in [0.05, 0.1) is 17.0 Å². The molecule has 3 unspecified atom stereocenters. The summed E-state index contributed by atoms with van der Waals surface area (Å²) in [7, 11) is -3.59. The Bertz CT molecular complexity index is 685. The highest BCUT2D eigenvalue weighted by Gasteiger charge is 2.50. The highest BCUT2D eigenvalue weighted by atomic mass is 32.2. The average Bonchev–Trinajstić information content (AvgIpc) is 3.09. The SMILES string of the molecule is Cc1ncsc1CCS(=O)(=O)N1C(C(=O)O)CC2CCCCC21. The Morgan fingerprint density at radius 1 is 1.43 bits per heavy atom. The second-order valence-corrected chi connectivity index (χ2v) is 9.39. The molecule has 0 radical (unpaired) electrons. The molecule has 1 saturated heterocycles. The summed E-state index contributed by atoms with van der Waals surface area (Å²) in [5, 5.41) is 9.48. The van der Waals surface area contributed by atoms with Crippen molar-refractivity contribution >= 4 is 27.3 Å². The minimum atomic E-state index is -3.59. The molecule has 1 saturated carbocycles. The fraction of sp³-hybridized carbons (Fsp3) is 0.733. The van der Waals surface area contributed by atoms with Crippen LogP contribution in [0.15, 0.2) is 5.51 Å². The van der Waals surface area contributed by atoms with E-state index in [4.69, 9.17) is 0 Å². The van der Waals surface area contributed by atoms with Crippen molar-refractivity contribution in [1.82, 2.24) is 9.29 Å². The molecule has 1 aromatic rings. The molecule has 0 aromatic carbocycles. The molecule has 0 bridgehead atoms. The normalized spacial score (nSPS) is 28.7. The molecule has 1 aromatic heterocycles. The summed E-state index contributed by atoms with van der Waals surface area (Å²) < 4.78 is 27.0. The Hall–Kier alpha value is -0.990. The lowest BCUT2D eigenvalue weighted by Crippen LogP contribution is -2.47. The van der Waals surface area contributed by atoms with Crippen LogP contribution in [0.3, 0.4) is 0 Å². The van der Waals surface area contributed by atoms with Crippen molar-refractivity contribution in [3.63, 3.8) is 0 Å². The Morgan fingerprint density at radius 3 is 2.83 bits per heavy atom. The number of sulfonamides is 1. The van der Waals surface area contributed by atoms with Crippen molar-refractivity contribution in [2.24, 2.45) is 5.92 Å². The van der Waals surface area contributed by atoms with Crippen molar-refractivity contribution in [2.75, 3.05) is 5.75 Å². The molecule has 23 heavy (non-hydrogen) atoms. The van der Waals surface area contributed by atoms with Gasteiger partial charge in [-0.3, -0.25) is 4.79 Å².